The van der Waals surface area contributed by atoms with Gasteiger partial charge in [0.25, 0.3) is 0 Å². The highest BCUT2D eigenvalue weighted by Crippen LogP contribution is 2.41. The Kier molecular flexibility index (Phi) is 5.66. The molecule has 34 heavy (non-hydrogen) atoms. The largest absolute Gasteiger partial charge is 0.357 e. The number of aromatic nitrogens is 4. The van der Waals surface area contributed by atoms with Crippen molar-refractivity contribution in [2.75, 3.05) is 36.0 Å². The van der Waals surface area contributed by atoms with E-state index in [1.165, 1.54) is 43.4 Å². The molecule has 0 bridgehead atoms. The molecule has 5 heterocycles. The standard InChI is InChI=1S/C27H31N7/c28-17-20-9-14-33(15-10-20)25-7-6-22(18-30-25)24-19-34(31-27(24)21-4-3-5-21)23-8-11-29-26(16-23)32-12-1-2-13-32/h6-8,11,16,18-21H,1-5,9-10,12-15H2. The van der Waals surface area contributed by atoms with Gasteiger partial charge in [0.15, 0.2) is 0 Å². The van der Waals surface area contributed by atoms with Gasteiger partial charge < -0.3 is 9.80 Å². The van der Waals surface area contributed by atoms with E-state index in [2.05, 4.69) is 45.2 Å². The molecule has 0 radical (unpaired) electrons. The third-order valence-electron chi connectivity index (χ3n) is 7.72. The molecular weight excluding hydrogens is 422 g/mol. The molecule has 2 saturated heterocycles. The SMILES string of the molecule is N#CC1CCN(c2ccc(-c3cn(-c4ccnc(N5CCCC5)c4)nc3C3CCC3)cn2)CC1. The minimum absolute atomic E-state index is 0.186. The molecule has 6 rings (SSSR count). The number of pyridine rings is 2. The monoisotopic (exact) mass is 453 g/mol. The van der Waals surface area contributed by atoms with Crippen LogP contribution >= 0.6 is 0 Å². The number of rotatable bonds is 5. The zero-order valence-corrected chi connectivity index (χ0v) is 19.6. The second kappa shape index (κ2) is 9.09. The quantitative estimate of drug-likeness (QED) is 0.545. The highest BCUT2D eigenvalue weighted by molar-refractivity contribution is 5.67. The van der Waals surface area contributed by atoms with E-state index in [1.807, 2.05) is 23.1 Å². The summed E-state index contributed by atoms with van der Waals surface area (Å²) in [5, 5.41) is 14.2. The molecule has 7 heteroatoms. The van der Waals surface area contributed by atoms with Crippen LogP contribution in [0, 0.1) is 17.2 Å². The van der Waals surface area contributed by atoms with E-state index < -0.39 is 0 Å². The molecule has 3 aliphatic rings. The van der Waals surface area contributed by atoms with Crippen LogP contribution in [0.2, 0.25) is 0 Å². The van der Waals surface area contributed by atoms with Crippen LogP contribution in [0.25, 0.3) is 16.8 Å². The molecule has 1 aliphatic carbocycles. The summed E-state index contributed by atoms with van der Waals surface area (Å²) in [7, 11) is 0. The number of anilines is 2. The maximum Gasteiger partial charge on any atom is 0.130 e. The Hall–Kier alpha value is -3.40. The molecule has 174 valence electrons. The smallest absolute Gasteiger partial charge is 0.130 e. The molecule has 0 spiro atoms. The van der Waals surface area contributed by atoms with Gasteiger partial charge in [-0.3, -0.25) is 0 Å². The molecule has 3 aromatic heterocycles. The first kappa shape index (κ1) is 21.2. The van der Waals surface area contributed by atoms with Gasteiger partial charge in [-0.2, -0.15) is 10.4 Å². The lowest BCUT2D eigenvalue weighted by molar-refractivity contribution is 0.410. The Morgan fingerprint density at radius 2 is 1.65 bits per heavy atom. The van der Waals surface area contributed by atoms with E-state index in [9.17, 15) is 0 Å². The van der Waals surface area contributed by atoms with E-state index in [1.54, 1.807) is 0 Å². The summed E-state index contributed by atoms with van der Waals surface area (Å²) < 4.78 is 2.03. The van der Waals surface area contributed by atoms with Gasteiger partial charge in [0.2, 0.25) is 0 Å². The van der Waals surface area contributed by atoms with Gasteiger partial charge in [0.1, 0.15) is 11.6 Å². The Balaban J connectivity index is 1.28. The highest BCUT2D eigenvalue weighted by Gasteiger charge is 2.27. The van der Waals surface area contributed by atoms with E-state index in [-0.39, 0.29) is 5.92 Å². The van der Waals surface area contributed by atoms with Crippen LogP contribution in [0.4, 0.5) is 11.6 Å². The van der Waals surface area contributed by atoms with Crippen molar-refractivity contribution >= 4 is 11.6 Å². The topological polar surface area (TPSA) is 73.9 Å². The van der Waals surface area contributed by atoms with Crippen molar-refractivity contribution in [3.05, 3.63) is 48.5 Å². The predicted molar refractivity (Wildman–Crippen MR) is 133 cm³/mol. The van der Waals surface area contributed by atoms with Gasteiger partial charge in [0.05, 0.1) is 17.5 Å². The first-order valence-electron chi connectivity index (χ1n) is 12.7. The lowest BCUT2D eigenvalue weighted by Crippen LogP contribution is -2.33. The average molecular weight is 454 g/mol. The number of piperidine rings is 1. The third-order valence-corrected chi connectivity index (χ3v) is 7.72. The number of hydrogen-bond acceptors (Lipinski definition) is 6. The Morgan fingerprint density at radius 1 is 0.853 bits per heavy atom. The summed E-state index contributed by atoms with van der Waals surface area (Å²) in [6.45, 7) is 3.97. The van der Waals surface area contributed by atoms with Crippen LogP contribution in [0.5, 0.6) is 0 Å². The van der Waals surface area contributed by atoms with Crippen molar-refractivity contribution in [1.82, 2.24) is 19.7 Å². The van der Waals surface area contributed by atoms with Crippen LogP contribution < -0.4 is 9.80 Å². The van der Waals surface area contributed by atoms with Gasteiger partial charge in [0, 0.05) is 73.8 Å². The predicted octanol–water partition coefficient (Wildman–Crippen LogP) is 4.94. The maximum atomic E-state index is 9.16. The minimum Gasteiger partial charge on any atom is -0.357 e. The van der Waals surface area contributed by atoms with E-state index >= 15 is 0 Å². The van der Waals surface area contributed by atoms with Crippen molar-refractivity contribution in [2.45, 2.75) is 50.9 Å². The molecule has 0 amide bonds. The second-order valence-corrected chi connectivity index (χ2v) is 9.86. The third kappa shape index (κ3) is 4.02. The Morgan fingerprint density at radius 3 is 2.32 bits per heavy atom. The molecule has 3 fully saturated rings. The van der Waals surface area contributed by atoms with Gasteiger partial charge >= 0.3 is 0 Å². The molecule has 1 saturated carbocycles. The molecule has 7 nitrogen and oxygen atoms in total. The molecule has 2 aliphatic heterocycles. The normalized spacial score (nSPS) is 19.3. The van der Waals surface area contributed by atoms with Gasteiger partial charge in [-0.05, 0) is 56.7 Å². The lowest BCUT2D eigenvalue weighted by Gasteiger charge is -2.30. The van der Waals surface area contributed by atoms with Gasteiger partial charge in [-0.25, -0.2) is 14.6 Å². The highest BCUT2D eigenvalue weighted by atomic mass is 15.3. The second-order valence-electron chi connectivity index (χ2n) is 9.86. The van der Waals surface area contributed by atoms with Crippen LogP contribution in [0.3, 0.4) is 0 Å². The Labute approximate surface area is 201 Å². The average Bonchev–Trinajstić information content (AvgIpc) is 3.55. The Bertz CT molecular complexity index is 1170. The van der Waals surface area contributed by atoms with Crippen molar-refractivity contribution in [2.24, 2.45) is 5.92 Å². The van der Waals surface area contributed by atoms with Crippen LogP contribution in [0.15, 0.2) is 42.9 Å². The molecular formula is C27H31N7. The summed E-state index contributed by atoms with van der Waals surface area (Å²) in [4.78, 5) is 14.1. The van der Waals surface area contributed by atoms with Crippen LogP contribution in [0.1, 0.15) is 56.6 Å². The molecule has 0 unspecified atom stereocenters. The van der Waals surface area contributed by atoms with Gasteiger partial charge in [-0.1, -0.05) is 6.42 Å². The zero-order valence-electron chi connectivity index (χ0n) is 19.6. The van der Waals surface area contributed by atoms with E-state index in [0.717, 1.165) is 61.9 Å². The van der Waals surface area contributed by atoms with E-state index in [4.69, 9.17) is 15.3 Å². The molecule has 0 N–H and O–H groups in total. The molecule has 0 aromatic carbocycles. The number of hydrogen-bond donors (Lipinski definition) is 0. The van der Waals surface area contributed by atoms with E-state index in [0.29, 0.717) is 5.92 Å². The van der Waals surface area contributed by atoms with Gasteiger partial charge in [-0.15, -0.1) is 0 Å². The molecule has 3 aromatic rings. The first-order valence-corrected chi connectivity index (χ1v) is 12.7. The fraction of sp³-hybridized carbons (Fsp3) is 0.481. The number of nitriles is 1. The van der Waals surface area contributed by atoms with Crippen LogP contribution in [-0.4, -0.2) is 45.9 Å². The summed E-state index contributed by atoms with van der Waals surface area (Å²) in [5.74, 6) is 2.76. The maximum absolute atomic E-state index is 9.16. The van der Waals surface area contributed by atoms with Crippen LogP contribution in [-0.2, 0) is 0 Å². The minimum atomic E-state index is 0.186. The summed E-state index contributed by atoms with van der Waals surface area (Å²) in [6, 6.07) is 10.9. The molecule has 0 atom stereocenters. The van der Waals surface area contributed by atoms with Crippen molar-refractivity contribution in [3.63, 3.8) is 0 Å². The fourth-order valence-corrected chi connectivity index (χ4v) is 5.36. The summed E-state index contributed by atoms with van der Waals surface area (Å²) in [5.41, 5.74) is 4.56. The van der Waals surface area contributed by atoms with Crippen molar-refractivity contribution < 1.29 is 0 Å². The van der Waals surface area contributed by atoms with Crippen molar-refractivity contribution in [1.29, 1.82) is 5.26 Å². The lowest BCUT2D eigenvalue weighted by atomic mass is 9.81. The zero-order chi connectivity index (χ0) is 22.9. The summed E-state index contributed by atoms with van der Waals surface area (Å²) in [6.07, 6.45) is 14.1. The van der Waals surface area contributed by atoms with Crippen molar-refractivity contribution in [3.8, 4) is 22.9 Å². The summed E-state index contributed by atoms with van der Waals surface area (Å²) >= 11 is 0. The fourth-order valence-electron chi connectivity index (χ4n) is 5.36. The first-order chi connectivity index (χ1) is 16.8. The number of nitrogens with zero attached hydrogens (tertiary/aromatic N) is 7.